The Labute approximate surface area is 125 Å². The van der Waals surface area contributed by atoms with Gasteiger partial charge in [0.1, 0.15) is 0 Å². The molecular weight excluding hydrogens is 268 g/mol. The molecule has 0 spiro atoms. The Morgan fingerprint density at radius 1 is 1.33 bits per heavy atom. The topological polar surface area (TPSA) is 65.8 Å². The molecule has 2 N–H and O–H groups in total. The maximum Gasteiger partial charge on any atom is 0.213 e. The number of aromatic nitrogens is 1. The van der Waals surface area contributed by atoms with Gasteiger partial charge in [0.25, 0.3) is 0 Å². The van der Waals surface area contributed by atoms with Crippen molar-refractivity contribution in [2.45, 2.75) is 37.3 Å². The number of aliphatic hydroxyl groups excluding tert-OH is 2. The number of rotatable bonds is 3. The van der Waals surface area contributed by atoms with Crippen molar-refractivity contribution in [3.63, 3.8) is 0 Å². The summed E-state index contributed by atoms with van der Waals surface area (Å²) < 4.78 is 5.21. The summed E-state index contributed by atoms with van der Waals surface area (Å²) in [4.78, 5) is 6.88. The van der Waals surface area contributed by atoms with E-state index in [0.29, 0.717) is 24.4 Å². The van der Waals surface area contributed by atoms with E-state index in [9.17, 15) is 10.2 Å². The lowest BCUT2D eigenvalue weighted by atomic mass is 9.78. The van der Waals surface area contributed by atoms with Crippen LogP contribution in [-0.2, 0) is 0 Å². The van der Waals surface area contributed by atoms with Crippen LogP contribution in [0, 0.1) is 5.92 Å². The number of ether oxygens (including phenoxy) is 1. The van der Waals surface area contributed by atoms with Crippen LogP contribution >= 0.6 is 0 Å². The van der Waals surface area contributed by atoms with Crippen molar-refractivity contribution in [1.29, 1.82) is 0 Å². The molecule has 5 heteroatoms. The molecule has 1 aromatic heterocycles. The largest absolute Gasteiger partial charge is 0.481 e. The summed E-state index contributed by atoms with van der Waals surface area (Å²) in [5, 5.41) is 19.6. The van der Waals surface area contributed by atoms with Crippen molar-refractivity contribution in [1.82, 2.24) is 9.88 Å². The van der Waals surface area contributed by atoms with Gasteiger partial charge in [0.15, 0.2) is 0 Å². The molecule has 5 nitrogen and oxygen atoms in total. The number of methoxy groups -OCH3 is 1. The molecule has 0 unspecified atom stereocenters. The molecule has 2 aliphatic rings. The van der Waals surface area contributed by atoms with E-state index < -0.39 is 0 Å². The molecule has 3 heterocycles. The zero-order valence-corrected chi connectivity index (χ0v) is 12.5. The molecule has 2 aliphatic heterocycles. The summed E-state index contributed by atoms with van der Waals surface area (Å²) in [6.45, 7) is 1.82. The average molecular weight is 292 g/mol. The summed E-state index contributed by atoms with van der Waals surface area (Å²) in [5.41, 5.74) is 1.02. The van der Waals surface area contributed by atoms with Gasteiger partial charge in [-0.05, 0) is 31.2 Å². The fourth-order valence-corrected chi connectivity index (χ4v) is 3.85. The summed E-state index contributed by atoms with van der Waals surface area (Å²) >= 11 is 0. The molecule has 3 rings (SSSR count). The zero-order chi connectivity index (χ0) is 14.8. The van der Waals surface area contributed by atoms with Gasteiger partial charge in [0.05, 0.1) is 13.2 Å². The zero-order valence-electron chi connectivity index (χ0n) is 12.5. The highest BCUT2D eigenvalue weighted by Crippen LogP contribution is 2.37. The van der Waals surface area contributed by atoms with Crippen molar-refractivity contribution in [2.75, 3.05) is 26.8 Å². The first-order valence-corrected chi connectivity index (χ1v) is 7.75. The number of hydrogen-bond donors (Lipinski definition) is 2. The van der Waals surface area contributed by atoms with E-state index in [-0.39, 0.29) is 18.6 Å². The second kappa shape index (κ2) is 6.30. The van der Waals surface area contributed by atoms with Gasteiger partial charge >= 0.3 is 0 Å². The summed E-state index contributed by atoms with van der Waals surface area (Å²) in [6, 6.07) is 6.25. The predicted octanol–water partition coefficient (Wildman–Crippen LogP) is 1.01. The molecule has 0 aromatic carbocycles. The highest BCUT2D eigenvalue weighted by molar-refractivity contribution is 5.20. The van der Waals surface area contributed by atoms with Crippen molar-refractivity contribution >= 4 is 0 Å². The molecule has 2 fully saturated rings. The van der Waals surface area contributed by atoms with Crippen LogP contribution in [0.15, 0.2) is 18.2 Å². The Kier molecular flexibility index (Phi) is 4.42. The van der Waals surface area contributed by atoms with E-state index in [4.69, 9.17) is 4.74 Å². The predicted molar refractivity (Wildman–Crippen MR) is 79.3 cm³/mol. The molecule has 0 saturated carbocycles. The van der Waals surface area contributed by atoms with E-state index in [1.165, 1.54) is 0 Å². The van der Waals surface area contributed by atoms with E-state index in [1.54, 1.807) is 7.11 Å². The number of pyridine rings is 1. The van der Waals surface area contributed by atoms with Crippen LogP contribution in [0.2, 0.25) is 0 Å². The molecule has 1 aromatic rings. The van der Waals surface area contributed by atoms with E-state index >= 15 is 0 Å². The molecule has 4 atom stereocenters. The molecule has 0 aliphatic carbocycles. The van der Waals surface area contributed by atoms with Crippen LogP contribution < -0.4 is 4.74 Å². The second-order valence-corrected chi connectivity index (χ2v) is 6.23. The average Bonchev–Trinajstić information content (AvgIpc) is 2.53. The summed E-state index contributed by atoms with van der Waals surface area (Å²) in [7, 11) is 1.63. The van der Waals surface area contributed by atoms with Gasteiger partial charge in [-0.25, -0.2) is 4.98 Å². The van der Waals surface area contributed by atoms with Crippen LogP contribution in [0.3, 0.4) is 0 Å². The van der Waals surface area contributed by atoms with E-state index in [1.807, 2.05) is 18.2 Å². The van der Waals surface area contributed by atoms with Crippen LogP contribution in [0.5, 0.6) is 5.88 Å². The Morgan fingerprint density at radius 3 is 2.95 bits per heavy atom. The van der Waals surface area contributed by atoms with Gasteiger partial charge in [0.2, 0.25) is 5.88 Å². The lowest BCUT2D eigenvalue weighted by molar-refractivity contribution is -0.0284. The number of nitrogens with zero attached hydrogens (tertiary/aromatic N) is 2. The monoisotopic (exact) mass is 292 g/mol. The minimum Gasteiger partial charge on any atom is -0.481 e. The highest BCUT2D eigenvalue weighted by Gasteiger charge is 2.39. The maximum absolute atomic E-state index is 9.91. The maximum atomic E-state index is 9.91. The normalized spacial score (nSPS) is 33.5. The van der Waals surface area contributed by atoms with Gasteiger partial charge in [-0.15, -0.1) is 0 Å². The van der Waals surface area contributed by atoms with E-state index in [2.05, 4.69) is 9.88 Å². The third-order valence-electron chi connectivity index (χ3n) is 4.90. The lowest BCUT2D eigenvalue weighted by Gasteiger charge is -2.47. The molecule has 0 amide bonds. The van der Waals surface area contributed by atoms with Crippen molar-refractivity contribution in [3.05, 3.63) is 23.9 Å². The first-order chi connectivity index (χ1) is 10.2. The highest BCUT2D eigenvalue weighted by atomic mass is 16.5. The van der Waals surface area contributed by atoms with Gasteiger partial charge in [-0.1, -0.05) is 6.07 Å². The quantitative estimate of drug-likeness (QED) is 0.870. The summed E-state index contributed by atoms with van der Waals surface area (Å²) in [6.07, 6.45) is 2.54. The minimum absolute atomic E-state index is 0.206. The van der Waals surface area contributed by atoms with Gasteiger partial charge in [0, 0.05) is 43.4 Å². The molecule has 21 heavy (non-hydrogen) atoms. The van der Waals surface area contributed by atoms with Crippen molar-refractivity contribution < 1.29 is 14.9 Å². The molecule has 116 valence electrons. The Balaban J connectivity index is 1.80. The fourth-order valence-electron chi connectivity index (χ4n) is 3.85. The van der Waals surface area contributed by atoms with E-state index in [0.717, 1.165) is 31.5 Å². The van der Waals surface area contributed by atoms with Crippen LogP contribution in [0.4, 0.5) is 0 Å². The fraction of sp³-hybridized carbons (Fsp3) is 0.688. The number of piperidine rings is 2. The first-order valence-electron chi connectivity index (χ1n) is 7.75. The minimum atomic E-state index is -0.238. The molecule has 0 radical (unpaired) electrons. The third kappa shape index (κ3) is 3.05. The van der Waals surface area contributed by atoms with Gasteiger partial charge in [-0.3, -0.25) is 4.90 Å². The Hall–Kier alpha value is -1.17. The number of aliphatic hydroxyl groups is 2. The number of hydrogen-bond acceptors (Lipinski definition) is 5. The van der Waals surface area contributed by atoms with Gasteiger partial charge < -0.3 is 14.9 Å². The SMILES string of the molecule is COc1cccc([C@@H]2C[C@H](CO)[C@H]3CC[C@H](O)CN3C2)n1. The third-order valence-corrected chi connectivity index (χ3v) is 4.90. The van der Waals surface area contributed by atoms with Crippen molar-refractivity contribution in [2.24, 2.45) is 5.92 Å². The lowest BCUT2D eigenvalue weighted by Crippen LogP contribution is -2.54. The molecule has 0 bridgehead atoms. The second-order valence-electron chi connectivity index (χ2n) is 6.23. The van der Waals surface area contributed by atoms with Gasteiger partial charge in [-0.2, -0.15) is 0 Å². The first kappa shape index (κ1) is 14.8. The Bertz CT molecular complexity index is 482. The van der Waals surface area contributed by atoms with Crippen molar-refractivity contribution in [3.8, 4) is 5.88 Å². The molecular formula is C16H24N2O3. The number of fused-ring (bicyclic) bond motifs is 1. The van der Waals surface area contributed by atoms with Crippen LogP contribution in [-0.4, -0.2) is 59.0 Å². The van der Waals surface area contributed by atoms with Crippen LogP contribution in [0.25, 0.3) is 0 Å². The smallest absolute Gasteiger partial charge is 0.213 e. The summed E-state index contributed by atoms with van der Waals surface area (Å²) in [5.74, 6) is 1.19. The van der Waals surface area contributed by atoms with Crippen LogP contribution in [0.1, 0.15) is 30.9 Å². The Morgan fingerprint density at radius 2 is 2.19 bits per heavy atom. The molecule has 2 saturated heterocycles. The standard InChI is InChI=1S/C16H24N2O3/c1-21-16-4-2-3-14(17-16)11-7-12(10-19)15-6-5-13(20)9-18(15)8-11/h2-4,11-13,15,19-20H,5-10H2,1H3/t11-,12-,13+,15-/m1/s1.